The number of aromatic amines is 1. The summed E-state index contributed by atoms with van der Waals surface area (Å²) in [4.78, 5) is 15.0. The Balaban J connectivity index is 2.31. The van der Waals surface area contributed by atoms with Gasteiger partial charge < -0.3 is 0 Å². The number of anilines is 1. The average Bonchev–Trinajstić information content (AvgIpc) is 2.58. The van der Waals surface area contributed by atoms with E-state index in [4.69, 9.17) is 0 Å². The van der Waals surface area contributed by atoms with Gasteiger partial charge >= 0.3 is 0 Å². The van der Waals surface area contributed by atoms with Gasteiger partial charge in [-0.1, -0.05) is 0 Å². The quantitative estimate of drug-likeness (QED) is 0.632. The second kappa shape index (κ2) is 2.40. The number of hydrogen-bond acceptors (Lipinski definition) is 4. The number of hydrazone groups is 1. The summed E-state index contributed by atoms with van der Waals surface area (Å²) in [5, 5.41) is 11.4. The molecule has 6 nitrogen and oxygen atoms in total. The Kier molecular flexibility index (Phi) is 1.39. The maximum absolute atomic E-state index is 11.2. The van der Waals surface area contributed by atoms with Crippen LogP contribution in [0.3, 0.4) is 0 Å². The molecule has 0 radical (unpaired) electrons. The van der Waals surface area contributed by atoms with E-state index in [2.05, 4.69) is 20.3 Å². The number of aromatic nitrogens is 3. The molecule has 1 aliphatic heterocycles. The van der Waals surface area contributed by atoms with Crippen LogP contribution in [0.2, 0.25) is 0 Å². The molecular weight excluding hydrogens is 158 g/mol. The van der Waals surface area contributed by atoms with Gasteiger partial charge in [-0.05, 0) is 6.92 Å². The Morgan fingerprint density at radius 3 is 3.00 bits per heavy atom. The molecule has 0 fully saturated rings. The van der Waals surface area contributed by atoms with Gasteiger partial charge in [0.15, 0.2) is 0 Å². The second-order valence-corrected chi connectivity index (χ2v) is 2.53. The van der Waals surface area contributed by atoms with Crippen molar-refractivity contribution in [3.63, 3.8) is 0 Å². The normalized spacial score (nSPS) is 16.9. The largest absolute Gasteiger partial charge is 0.272 e. The van der Waals surface area contributed by atoms with Crippen molar-refractivity contribution in [3.05, 3.63) is 6.33 Å². The van der Waals surface area contributed by atoms with Gasteiger partial charge in [0.1, 0.15) is 6.33 Å². The number of rotatable bonds is 1. The molecule has 0 bridgehead atoms. The highest BCUT2D eigenvalue weighted by Gasteiger charge is 2.24. The first-order chi connectivity index (χ1) is 5.77. The lowest BCUT2D eigenvalue weighted by Gasteiger charge is -2.04. The summed E-state index contributed by atoms with van der Waals surface area (Å²) in [6.07, 6.45) is 1.70. The van der Waals surface area contributed by atoms with Crippen LogP contribution in [0.25, 0.3) is 0 Å². The van der Waals surface area contributed by atoms with E-state index in [0.717, 1.165) is 5.71 Å². The van der Waals surface area contributed by atoms with Gasteiger partial charge in [0, 0.05) is 5.71 Å². The van der Waals surface area contributed by atoms with Crippen LogP contribution in [0.1, 0.15) is 13.3 Å². The number of H-pyrrole nitrogens is 1. The van der Waals surface area contributed by atoms with Gasteiger partial charge in [0.05, 0.1) is 6.42 Å². The van der Waals surface area contributed by atoms with Crippen molar-refractivity contribution in [2.45, 2.75) is 13.3 Å². The van der Waals surface area contributed by atoms with Crippen LogP contribution >= 0.6 is 0 Å². The van der Waals surface area contributed by atoms with Crippen molar-refractivity contribution in [2.75, 3.05) is 5.01 Å². The highest BCUT2D eigenvalue weighted by molar-refractivity contribution is 6.11. The van der Waals surface area contributed by atoms with Crippen LogP contribution in [-0.4, -0.2) is 26.8 Å². The Morgan fingerprint density at radius 2 is 2.50 bits per heavy atom. The topological polar surface area (TPSA) is 74.2 Å². The van der Waals surface area contributed by atoms with Crippen LogP contribution in [0.4, 0.5) is 5.95 Å². The molecule has 6 heteroatoms. The second-order valence-electron chi connectivity index (χ2n) is 2.53. The number of amides is 1. The zero-order valence-electron chi connectivity index (χ0n) is 6.48. The minimum Gasteiger partial charge on any atom is -0.272 e. The third-order valence-corrected chi connectivity index (χ3v) is 1.52. The molecule has 1 N–H and O–H groups in total. The predicted molar refractivity (Wildman–Crippen MR) is 41.6 cm³/mol. The smallest absolute Gasteiger partial charge is 0.255 e. The maximum atomic E-state index is 11.2. The number of hydrogen-bond donors (Lipinski definition) is 1. The lowest BCUT2D eigenvalue weighted by molar-refractivity contribution is -0.117. The maximum Gasteiger partial charge on any atom is 0.255 e. The van der Waals surface area contributed by atoms with Gasteiger partial charge in [-0.25, -0.2) is 5.10 Å². The molecular formula is C6H7N5O. The minimum absolute atomic E-state index is 0.0794. The number of carbonyl (C=O) groups excluding carboxylic acids is 1. The Morgan fingerprint density at radius 1 is 1.67 bits per heavy atom. The van der Waals surface area contributed by atoms with Crippen LogP contribution in [0, 0.1) is 0 Å². The number of carbonyl (C=O) groups is 1. The molecule has 0 saturated carbocycles. The van der Waals surface area contributed by atoms with Crippen molar-refractivity contribution in [1.29, 1.82) is 0 Å². The molecule has 2 rings (SSSR count). The average molecular weight is 165 g/mol. The first-order valence-corrected chi connectivity index (χ1v) is 3.50. The fourth-order valence-electron chi connectivity index (χ4n) is 1.02. The third kappa shape index (κ3) is 0.969. The zero-order valence-corrected chi connectivity index (χ0v) is 6.48. The summed E-state index contributed by atoms with van der Waals surface area (Å²) < 4.78 is 0. The van der Waals surface area contributed by atoms with E-state index in [-0.39, 0.29) is 5.91 Å². The first kappa shape index (κ1) is 6.96. The van der Waals surface area contributed by atoms with E-state index >= 15 is 0 Å². The summed E-state index contributed by atoms with van der Waals surface area (Å²) in [6, 6.07) is 0. The lowest BCUT2D eigenvalue weighted by Crippen LogP contribution is -2.20. The fraction of sp³-hybridized carbons (Fsp3) is 0.333. The highest BCUT2D eigenvalue weighted by atomic mass is 16.2. The molecule has 0 spiro atoms. The van der Waals surface area contributed by atoms with Gasteiger partial charge in [-0.15, -0.1) is 0 Å². The molecule has 1 aromatic heterocycles. The van der Waals surface area contributed by atoms with Crippen molar-refractivity contribution >= 4 is 17.6 Å². The first-order valence-electron chi connectivity index (χ1n) is 3.50. The highest BCUT2D eigenvalue weighted by Crippen LogP contribution is 2.13. The molecule has 0 saturated heterocycles. The molecule has 2 heterocycles. The number of nitrogens with zero attached hydrogens (tertiary/aromatic N) is 4. The molecule has 1 aromatic rings. The summed E-state index contributed by atoms with van der Waals surface area (Å²) in [5.74, 6) is 0.293. The van der Waals surface area contributed by atoms with Gasteiger partial charge in [-0.3, -0.25) is 4.79 Å². The minimum atomic E-state index is -0.0794. The summed E-state index contributed by atoms with van der Waals surface area (Å²) in [5.41, 5.74) is 0.788. The molecule has 12 heavy (non-hydrogen) atoms. The predicted octanol–water partition coefficient (Wildman–Crippen LogP) is -0.0827. The molecule has 0 unspecified atom stereocenters. The van der Waals surface area contributed by atoms with E-state index in [1.54, 1.807) is 6.92 Å². The van der Waals surface area contributed by atoms with Crippen LogP contribution in [0.15, 0.2) is 11.4 Å². The Bertz CT molecular complexity index is 328. The number of nitrogens with one attached hydrogen (secondary N) is 1. The van der Waals surface area contributed by atoms with E-state index in [9.17, 15) is 4.79 Å². The van der Waals surface area contributed by atoms with Crippen LogP contribution in [0.5, 0.6) is 0 Å². The summed E-state index contributed by atoms with van der Waals surface area (Å²) in [6.45, 7) is 1.80. The van der Waals surface area contributed by atoms with E-state index in [0.29, 0.717) is 12.4 Å². The zero-order chi connectivity index (χ0) is 8.55. The Hall–Kier alpha value is -1.72. The van der Waals surface area contributed by atoms with Crippen LogP contribution < -0.4 is 5.01 Å². The van der Waals surface area contributed by atoms with Crippen molar-refractivity contribution in [2.24, 2.45) is 5.10 Å². The standard InChI is InChI=1S/C6H7N5O/c1-4-2-5(12)11(10-4)6-7-3-8-9-6/h3H,2H2,1H3,(H,7,8,9). The monoisotopic (exact) mass is 165 g/mol. The third-order valence-electron chi connectivity index (χ3n) is 1.52. The SMILES string of the molecule is CC1=NN(c2ncn[nH]2)C(=O)C1. The lowest BCUT2D eigenvalue weighted by atomic mass is 10.3. The summed E-state index contributed by atoms with van der Waals surface area (Å²) in [7, 11) is 0. The van der Waals surface area contributed by atoms with Crippen LogP contribution in [-0.2, 0) is 4.79 Å². The van der Waals surface area contributed by atoms with E-state index < -0.39 is 0 Å². The molecule has 0 atom stereocenters. The Labute approximate surface area is 68.3 Å². The fourth-order valence-corrected chi connectivity index (χ4v) is 1.02. The van der Waals surface area contributed by atoms with Crippen molar-refractivity contribution < 1.29 is 4.79 Å². The van der Waals surface area contributed by atoms with Gasteiger partial charge in [0.2, 0.25) is 5.95 Å². The summed E-state index contributed by atoms with van der Waals surface area (Å²) >= 11 is 0. The molecule has 0 aliphatic carbocycles. The van der Waals surface area contributed by atoms with Crippen molar-refractivity contribution in [3.8, 4) is 0 Å². The van der Waals surface area contributed by atoms with Gasteiger partial charge in [0.25, 0.3) is 5.91 Å². The van der Waals surface area contributed by atoms with E-state index in [1.165, 1.54) is 11.3 Å². The van der Waals surface area contributed by atoms with E-state index in [1.807, 2.05) is 0 Å². The molecule has 1 amide bonds. The van der Waals surface area contributed by atoms with Gasteiger partial charge in [-0.2, -0.15) is 20.2 Å². The molecule has 62 valence electrons. The molecule has 1 aliphatic rings. The van der Waals surface area contributed by atoms with Crippen molar-refractivity contribution in [1.82, 2.24) is 15.2 Å². The molecule has 0 aromatic carbocycles.